The van der Waals surface area contributed by atoms with Gasteiger partial charge in [-0.05, 0) is 55.3 Å². The summed E-state index contributed by atoms with van der Waals surface area (Å²) in [5.74, 6) is -0.232. The van der Waals surface area contributed by atoms with Crippen LogP contribution in [0, 0.1) is 22.7 Å². The van der Waals surface area contributed by atoms with Crippen LogP contribution < -0.4 is 0 Å². The lowest BCUT2D eigenvalue weighted by atomic mass is 9.49. The molecule has 5 heteroatoms. The zero-order valence-electron chi connectivity index (χ0n) is 16.4. The van der Waals surface area contributed by atoms with E-state index in [1.165, 1.54) is 12.7 Å². The smallest absolute Gasteiger partial charge is 0.348 e. The van der Waals surface area contributed by atoms with E-state index in [-0.39, 0.29) is 34.4 Å². The van der Waals surface area contributed by atoms with Gasteiger partial charge in [0.2, 0.25) is 0 Å². The number of carbonyl (C=O) groups is 2. The lowest BCUT2D eigenvalue weighted by Crippen LogP contribution is -2.48. The van der Waals surface area contributed by atoms with E-state index in [1.54, 1.807) is 0 Å². The summed E-state index contributed by atoms with van der Waals surface area (Å²) in [6, 6.07) is 0. The number of aliphatic hydroxyl groups excluding tert-OH is 1. The normalized spacial score (nSPS) is 40.0. The molecule has 1 aliphatic heterocycles. The van der Waals surface area contributed by atoms with Crippen LogP contribution in [0.15, 0.2) is 23.0 Å². The molecule has 2 aliphatic carbocycles. The van der Waals surface area contributed by atoms with Crippen LogP contribution in [0.1, 0.15) is 59.8 Å². The molecule has 0 aromatic heterocycles. The first-order valence-corrected chi connectivity index (χ1v) is 9.51. The Morgan fingerprint density at radius 2 is 2.08 bits per heavy atom. The molecular weight excluding hydrogens is 332 g/mol. The van der Waals surface area contributed by atoms with Crippen molar-refractivity contribution in [3.8, 4) is 0 Å². The minimum Gasteiger partial charge on any atom is -0.494 e. The molecule has 5 atom stereocenters. The fourth-order valence-corrected chi connectivity index (χ4v) is 5.36. The standard InChI is InChI=1S/C21H30O5/c1-12-7-6-8-14-13(2)20(3,9-10-21(12,14)4)11-15(22)16-17(25-5)19(24)26-18(16)23/h7,13-14,19,24H,6,8-11H2,1-5H3. The van der Waals surface area contributed by atoms with E-state index < -0.39 is 12.3 Å². The molecule has 1 N–H and O–H groups in total. The van der Waals surface area contributed by atoms with Gasteiger partial charge in [-0.15, -0.1) is 0 Å². The molecule has 0 radical (unpaired) electrons. The SMILES string of the molecule is COC1=C(C(=O)CC2(C)CCC3(C)C(C)=CCCC3C2C)C(=O)OC1O. The summed E-state index contributed by atoms with van der Waals surface area (Å²) in [5.41, 5.74) is 1.38. The van der Waals surface area contributed by atoms with Crippen molar-refractivity contribution in [2.45, 2.75) is 66.1 Å². The van der Waals surface area contributed by atoms with Gasteiger partial charge in [-0.3, -0.25) is 4.79 Å². The molecule has 1 heterocycles. The summed E-state index contributed by atoms with van der Waals surface area (Å²) < 4.78 is 9.80. The lowest BCUT2D eigenvalue weighted by Gasteiger charge is -2.55. The molecule has 5 nitrogen and oxygen atoms in total. The maximum atomic E-state index is 12.9. The van der Waals surface area contributed by atoms with Gasteiger partial charge >= 0.3 is 5.97 Å². The van der Waals surface area contributed by atoms with E-state index in [2.05, 4.69) is 33.8 Å². The highest BCUT2D eigenvalue weighted by Crippen LogP contribution is 2.59. The van der Waals surface area contributed by atoms with Gasteiger partial charge < -0.3 is 14.6 Å². The second-order valence-corrected chi connectivity index (χ2v) is 8.73. The van der Waals surface area contributed by atoms with Gasteiger partial charge in [-0.25, -0.2) is 4.79 Å². The molecule has 0 amide bonds. The van der Waals surface area contributed by atoms with Crippen LogP contribution in [0.4, 0.5) is 0 Å². The van der Waals surface area contributed by atoms with Gasteiger partial charge in [-0.1, -0.05) is 32.4 Å². The van der Waals surface area contributed by atoms with Crippen LogP contribution in [0.2, 0.25) is 0 Å². The Morgan fingerprint density at radius 1 is 1.38 bits per heavy atom. The molecular formula is C21H30O5. The summed E-state index contributed by atoms with van der Waals surface area (Å²) in [5, 5.41) is 9.73. The number of hydrogen-bond acceptors (Lipinski definition) is 5. The van der Waals surface area contributed by atoms with Gasteiger partial charge in [0.05, 0.1) is 7.11 Å². The Balaban J connectivity index is 1.84. The first-order valence-electron chi connectivity index (χ1n) is 9.51. The minimum atomic E-state index is -1.47. The number of fused-ring (bicyclic) bond motifs is 1. The zero-order chi connectivity index (χ0) is 19.3. The Bertz CT molecular complexity index is 691. The van der Waals surface area contributed by atoms with Crippen molar-refractivity contribution in [2.75, 3.05) is 7.11 Å². The van der Waals surface area contributed by atoms with Crippen LogP contribution in [-0.4, -0.2) is 30.3 Å². The number of aliphatic hydroxyl groups is 1. The average Bonchev–Trinajstić information content (AvgIpc) is 2.87. The first kappa shape index (κ1) is 19.2. The highest BCUT2D eigenvalue weighted by Gasteiger charge is 2.52. The van der Waals surface area contributed by atoms with E-state index in [1.807, 2.05) is 0 Å². The molecule has 0 saturated heterocycles. The predicted octanol–water partition coefficient (Wildman–Crippen LogP) is 3.52. The summed E-state index contributed by atoms with van der Waals surface area (Å²) >= 11 is 0. The molecule has 3 aliphatic rings. The zero-order valence-corrected chi connectivity index (χ0v) is 16.4. The van der Waals surface area contributed by atoms with Crippen LogP contribution in [0.3, 0.4) is 0 Å². The molecule has 0 bridgehead atoms. The fraction of sp³-hybridized carbons (Fsp3) is 0.714. The molecule has 1 fully saturated rings. The third-order valence-electron chi connectivity index (χ3n) is 7.52. The van der Waals surface area contributed by atoms with E-state index in [0.29, 0.717) is 11.8 Å². The van der Waals surface area contributed by atoms with Crippen molar-refractivity contribution < 1.29 is 24.2 Å². The third-order valence-corrected chi connectivity index (χ3v) is 7.52. The van der Waals surface area contributed by atoms with Crippen molar-refractivity contribution >= 4 is 11.8 Å². The monoisotopic (exact) mass is 362 g/mol. The summed E-state index contributed by atoms with van der Waals surface area (Å²) in [6.45, 7) is 9.00. The number of methoxy groups -OCH3 is 1. The maximum absolute atomic E-state index is 12.9. The van der Waals surface area contributed by atoms with E-state index in [4.69, 9.17) is 9.47 Å². The molecule has 3 rings (SSSR count). The van der Waals surface area contributed by atoms with E-state index in [0.717, 1.165) is 25.7 Å². The molecule has 0 aromatic carbocycles. The topological polar surface area (TPSA) is 72.8 Å². The predicted molar refractivity (Wildman–Crippen MR) is 96.9 cm³/mol. The van der Waals surface area contributed by atoms with Gasteiger partial charge in [0.25, 0.3) is 6.29 Å². The largest absolute Gasteiger partial charge is 0.494 e. The van der Waals surface area contributed by atoms with Gasteiger partial charge in [0, 0.05) is 6.42 Å². The van der Waals surface area contributed by atoms with Crippen molar-refractivity contribution in [1.29, 1.82) is 0 Å². The number of carbonyl (C=O) groups excluding carboxylic acids is 2. The summed E-state index contributed by atoms with van der Waals surface area (Å²) in [6.07, 6.45) is 5.39. The number of allylic oxidation sites excluding steroid dienone is 2. The van der Waals surface area contributed by atoms with Crippen LogP contribution in [0.5, 0.6) is 0 Å². The minimum absolute atomic E-state index is 0.0617. The first-order chi connectivity index (χ1) is 12.1. The number of Topliss-reactive ketones (excluding diaryl/α,β-unsaturated/α-hetero) is 1. The number of ether oxygens (including phenoxy) is 2. The Labute approximate surface area is 155 Å². The number of cyclic esters (lactones) is 1. The number of rotatable bonds is 4. The van der Waals surface area contributed by atoms with Gasteiger partial charge in [0.1, 0.15) is 5.57 Å². The number of hydrogen-bond donors (Lipinski definition) is 1. The number of ketones is 1. The van der Waals surface area contributed by atoms with Crippen molar-refractivity contribution in [1.82, 2.24) is 0 Å². The molecule has 1 saturated carbocycles. The highest BCUT2D eigenvalue weighted by molar-refractivity contribution is 6.19. The molecule has 5 unspecified atom stereocenters. The summed E-state index contributed by atoms with van der Waals surface area (Å²) in [7, 11) is 1.33. The molecule has 0 aromatic rings. The fourth-order valence-electron chi connectivity index (χ4n) is 5.36. The summed E-state index contributed by atoms with van der Waals surface area (Å²) in [4.78, 5) is 24.9. The molecule has 144 valence electrons. The number of esters is 1. The average molecular weight is 362 g/mol. The molecule has 26 heavy (non-hydrogen) atoms. The van der Waals surface area contributed by atoms with Crippen LogP contribution in [0.25, 0.3) is 0 Å². The van der Waals surface area contributed by atoms with Gasteiger partial charge in [-0.2, -0.15) is 0 Å². The Hall–Kier alpha value is -1.62. The second-order valence-electron chi connectivity index (χ2n) is 8.73. The van der Waals surface area contributed by atoms with Gasteiger partial charge in [0.15, 0.2) is 11.5 Å². The lowest BCUT2D eigenvalue weighted by molar-refractivity contribution is -0.154. The van der Waals surface area contributed by atoms with Crippen LogP contribution in [-0.2, 0) is 19.1 Å². The maximum Gasteiger partial charge on any atom is 0.348 e. The second kappa shape index (κ2) is 6.52. The van der Waals surface area contributed by atoms with Crippen molar-refractivity contribution in [3.05, 3.63) is 23.0 Å². The van der Waals surface area contributed by atoms with Crippen molar-refractivity contribution in [3.63, 3.8) is 0 Å². The highest BCUT2D eigenvalue weighted by atomic mass is 16.7. The van der Waals surface area contributed by atoms with E-state index >= 15 is 0 Å². The molecule has 0 spiro atoms. The van der Waals surface area contributed by atoms with Crippen LogP contribution >= 0.6 is 0 Å². The van der Waals surface area contributed by atoms with E-state index in [9.17, 15) is 14.7 Å². The third kappa shape index (κ3) is 2.81. The van der Waals surface area contributed by atoms with Crippen molar-refractivity contribution in [2.24, 2.45) is 22.7 Å². The quantitative estimate of drug-likeness (QED) is 0.471. The Morgan fingerprint density at radius 3 is 2.73 bits per heavy atom. The Kier molecular flexibility index (Phi) is 4.80.